The van der Waals surface area contributed by atoms with Gasteiger partial charge in [-0.3, -0.25) is 4.98 Å². The van der Waals surface area contributed by atoms with Gasteiger partial charge in [-0.15, -0.1) is 12.8 Å². The summed E-state index contributed by atoms with van der Waals surface area (Å²) in [6.45, 7) is 4.30. The van der Waals surface area contributed by atoms with E-state index in [2.05, 4.69) is 200 Å². The fourth-order valence-electron chi connectivity index (χ4n) is 8.46. The van der Waals surface area contributed by atoms with E-state index in [0.717, 1.165) is 61.0 Å². The molecule has 3 nitrogen and oxygen atoms in total. The largest absolute Gasteiger partial charge is 0.403 e. The molecule has 1 aromatic heterocycles. The molecule has 278 valence electrons. The van der Waals surface area contributed by atoms with Crippen molar-refractivity contribution in [2.24, 2.45) is 0 Å². The number of fused-ring (bicyclic) bond motifs is 11. The van der Waals surface area contributed by atoms with Gasteiger partial charge in [0, 0.05) is 52.7 Å². The van der Waals surface area contributed by atoms with Gasteiger partial charge in [-0.05, 0) is 152 Å². The van der Waals surface area contributed by atoms with Crippen LogP contribution in [0.1, 0.15) is 33.4 Å². The van der Waals surface area contributed by atoms with Crippen molar-refractivity contribution in [3.05, 3.63) is 161 Å². The third kappa shape index (κ3) is 6.56. The highest BCUT2D eigenvalue weighted by molar-refractivity contribution is 5.98. The third-order valence-electron chi connectivity index (χ3n) is 11.1. The number of terminal acetylenes is 2. The third-order valence-corrected chi connectivity index (χ3v) is 11.1. The second-order valence-corrected chi connectivity index (χ2v) is 14.3. The van der Waals surface area contributed by atoms with Crippen molar-refractivity contribution < 1.29 is 9.47 Å². The second kappa shape index (κ2) is 16.0. The molecule has 0 saturated heterocycles. The van der Waals surface area contributed by atoms with Crippen molar-refractivity contribution in [3.63, 3.8) is 0 Å². The van der Waals surface area contributed by atoms with Crippen LogP contribution in [-0.4, -0.2) is 4.98 Å². The standard InChI is InChI=1S/C58H29NO2/c1-5-7-9-11-13-19-32-60-55-38-50-48-34-40(3)41(4)35-53(48)58(54(50)39-56(55)61-33-20-14-12-10-8-6-2)51-27-18-17-26-47(51)49-37-44(28-29-52(49)58)43-23-21-24-45(36-43)57-46-25-16-15-22-42(46)30-31-59-57/h1-2,15-18,21-31,34-39H,3-4H3. The van der Waals surface area contributed by atoms with Crippen molar-refractivity contribution >= 4 is 10.8 Å². The molecule has 9 rings (SSSR count). The summed E-state index contributed by atoms with van der Waals surface area (Å²) in [6.07, 6.45) is 17.7. The van der Waals surface area contributed by atoms with E-state index in [0.29, 0.717) is 11.5 Å². The Morgan fingerprint density at radius 3 is 1.84 bits per heavy atom. The molecule has 3 heteroatoms. The molecule has 1 atom stereocenters. The monoisotopic (exact) mass is 771 g/mol. The van der Waals surface area contributed by atoms with E-state index in [-0.39, 0.29) is 0 Å². The van der Waals surface area contributed by atoms with Gasteiger partial charge >= 0.3 is 0 Å². The minimum Gasteiger partial charge on any atom is -0.403 e. The quantitative estimate of drug-likeness (QED) is 0.167. The first-order valence-corrected chi connectivity index (χ1v) is 19.3. The molecule has 2 aliphatic carbocycles. The zero-order chi connectivity index (χ0) is 41.8. The number of aromatic nitrogens is 1. The molecule has 2 aliphatic rings. The van der Waals surface area contributed by atoms with Gasteiger partial charge in [0.1, 0.15) is 12.2 Å². The maximum atomic E-state index is 6.12. The zero-order valence-corrected chi connectivity index (χ0v) is 33.0. The van der Waals surface area contributed by atoms with E-state index in [9.17, 15) is 0 Å². The zero-order valence-electron chi connectivity index (χ0n) is 33.0. The normalized spacial score (nSPS) is 12.7. The molecule has 1 spiro atoms. The minimum atomic E-state index is -0.691. The Kier molecular flexibility index (Phi) is 9.80. The Hall–Kier alpha value is -9.19. The summed E-state index contributed by atoms with van der Waals surface area (Å²) >= 11 is 0. The Labute approximate surface area is 356 Å². The van der Waals surface area contributed by atoms with Crippen LogP contribution in [-0.2, 0) is 5.41 Å². The smallest absolute Gasteiger partial charge is 0.184 e. The summed E-state index contributed by atoms with van der Waals surface area (Å²) in [5, 5.41) is 2.27. The first-order chi connectivity index (χ1) is 30.0. The summed E-state index contributed by atoms with van der Waals surface area (Å²) in [4.78, 5) is 4.82. The van der Waals surface area contributed by atoms with Crippen LogP contribution in [0.4, 0.5) is 0 Å². The lowest BCUT2D eigenvalue weighted by Crippen LogP contribution is -2.26. The average Bonchev–Trinajstić information content (AvgIpc) is 3.73. The number of benzene rings is 6. The molecule has 0 amide bonds. The van der Waals surface area contributed by atoms with Crippen molar-refractivity contribution in [1.29, 1.82) is 0 Å². The highest BCUT2D eigenvalue weighted by Crippen LogP contribution is 2.64. The van der Waals surface area contributed by atoms with Crippen molar-refractivity contribution in [1.82, 2.24) is 4.98 Å². The van der Waals surface area contributed by atoms with Gasteiger partial charge in [0.25, 0.3) is 0 Å². The van der Waals surface area contributed by atoms with E-state index < -0.39 is 5.41 Å². The van der Waals surface area contributed by atoms with E-state index in [1.807, 2.05) is 24.4 Å². The first-order valence-electron chi connectivity index (χ1n) is 19.3. The van der Waals surface area contributed by atoms with Gasteiger partial charge in [-0.2, -0.15) is 0 Å². The van der Waals surface area contributed by atoms with Crippen LogP contribution in [0.15, 0.2) is 128 Å². The number of pyridine rings is 1. The van der Waals surface area contributed by atoms with E-state index in [4.69, 9.17) is 27.3 Å². The summed E-state index contributed by atoms with van der Waals surface area (Å²) < 4.78 is 12.2. The summed E-state index contributed by atoms with van der Waals surface area (Å²) in [5.74, 6) is 31.1. The predicted molar refractivity (Wildman–Crippen MR) is 244 cm³/mol. The summed E-state index contributed by atoms with van der Waals surface area (Å²) in [5.41, 5.74) is 14.8. The van der Waals surface area contributed by atoms with Gasteiger partial charge in [-0.25, -0.2) is 0 Å². The molecule has 6 aromatic carbocycles. The molecular weight excluding hydrogens is 743 g/mol. The number of ether oxygens (including phenoxy) is 2. The molecule has 61 heavy (non-hydrogen) atoms. The molecule has 0 N–H and O–H groups in total. The van der Waals surface area contributed by atoms with E-state index in [1.54, 1.807) is 0 Å². The summed E-state index contributed by atoms with van der Waals surface area (Å²) in [6, 6.07) is 43.1. The highest BCUT2D eigenvalue weighted by atomic mass is 16.5. The Morgan fingerprint density at radius 1 is 0.459 bits per heavy atom. The molecule has 0 aliphatic heterocycles. The maximum Gasteiger partial charge on any atom is 0.184 e. The topological polar surface area (TPSA) is 31.4 Å². The lowest BCUT2D eigenvalue weighted by Gasteiger charge is -2.31. The molecule has 0 bridgehead atoms. The van der Waals surface area contributed by atoms with Crippen molar-refractivity contribution in [2.45, 2.75) is 19.3 Å². The Bertz CT molecular complexity index is 3520. The molecule has 0 fully saturated rings. The van der Waals surface area contributed by atoms with Crippen LogP contribution < -0.4 is 9.47 Å². The molecule has 7 aromatic rings. The van der Waals surface area contributed by atoms with Crippen LogP contribution in [0.3, 0.4) is 0 Å². The number of aryl methyl sites for hydroxylation is 2. The lowest BCUT2D eigenvalue weighted by molar-refractivity contribution is 0.451. The molecule has 1 heterocycles. The van der Waals surface area contributed by atoms with Gasteiger partial charge in [0.05, 0.1) is 11.1 Å². The minimum absolute atomic E-state index is 0.360. The fraction of sp³-hybridized carbons (Fsp3) is 0.0517. The highest BCUT2D eigenvalue weighted by Gasteiger charge is 2.52. The van der Waals surface area contributed by atoms with Gasteiger partial charge in [-0.1, -0.05) is 91.0 Å². The fourth-order valence-corrected chi connectivity index (χ4v) is 8.46. The predicted octanol–water partition coefficient (Wildman–Crippen LogP) is 10.5. The molecule has 1 unspecified atom stereocenters. The van der Waals surface area contributed by atoms with E-state index >= 15 is 0 Å². The van der Waals surface area contributed by atoms with Crippen LogP contribution in [0.2, 0.25) is 0 Å². The Morgan fingerprint density at radius 2 is 1.05 bits per heavy atom. The van der Waals surface area contributed by atoms with Crippen LogP contribution in [0.5, 0.6) is 11.5 Å². The molecule has 0 saturated carbocycles. The van der Waals surface area contributed by atoms with Crippen LogP contribution >= 0.6 is 0 Å². The first kappa shape index (κ1) is 37.4. The van der Waals surface area contributed by atoms with Gasteiger partial charge < -0.3 is 9.47 Å². The van der Waals surface area contributed by atoms with E-state index in [1.165, 1.54) is 27.8 Å². The summed E-state index contributed by atoms with van der Waals surface area (Å²) in [7, 11) is 0. The lowest BCUT2D eigenvalue weighted by atomic mass is 9.70. The SMILES string of the molecule is C#CC#CC#CC#COc1cc2c(cc1OC#CC#CC#CC#C)C1(c3ccccc3-c3cc(-c4cccc(-c5nccc6ccccc56)c4)ccc31)c1cc(C)c(C)cc1-2. The van der Waals surface area contributed by atoms with Crippen molar-refractivity contribution in [3.8, 4) is 152 Å². The van der Waals surface area contributed by atoms with Gasteiger partial charge in [0.2, 0.25) is 0 Å². The second-order valence-electron chi connectivity index (χ2n) is 14.3. The van der Waals surface area contributed by atoms with Gasteiger partial charge in [0.15, 0.2) is 11.5 Å². The number of hydrogen-bond acceptors (Lipinski definition) is 3. The number of rotatable bonds is 4. The molecular formula is C58H29NO2. The average molecular weight is 772 g/mol. The number of nitrogens with zero attached hydrogens (tertiary/aromatic N) is 1. The maximum absolute atomic E-state index is 6.12. The Balaban J connectivity index is 1.23. The number of hydrogen-bond donors (Lipinski definition) is 0. The van der Waals surface area contributed by atoms with Crippen LogP contribution in [0.25, 0.3) is 55.4 Å². The van der Waals surface area contributed by atoms with Crippen molar-refractivity contribution in [2.75, 3.05) is 0 Å². The van der Waals surface area contributed by atoms with Crippen LogP contribution in [0, 0.1) is 110 Å². The molecule has 0 radical (unpaired) electrons.